The molecular formula is C15H11N3O3. The second kappa shape index (κ2) is 4.13. The first-order valence-corrected chi connectivity index (χ1v) is 6.47. The molecule has 104 valence electrons. The van der Waals surface area contributed by atoms with E-state index >= 15 is 0 Å². The summed E-state index contributed by atoms with van der Waals surface area (Å²) in [6.07, 6.45) is 0.346. The quantitative estimate of drug-likeness (QED) is 0.654. The standard InChI is InChI=1S/C15H11N3O3/c1-7-2-3-11-9(4-7)12-10(14(19)21-11)5-8-6-16-15(20)18-13(8)17-12/h2-6,14,19H,1H3,(H,16,17,18,20)/t14-/m0/s1. The lowest BCUT2D eigenvalue weighted by Gasteiger charge is -2.25. The number of aromatic amines is 1. The largest absolute Gasteiger partial charge is 0.460 e. The minimum absolute atomic E-state index is 0.440. The molecule has 6 nitrogen and oxygen atoms in total. The summed E-state index contributed by atoms with van der Waals surface area (Å²) in [6.45, 7) is 1.97. The van der Waals surface area contributed by atoms with Gasteiger partial charge in [-0.2, -0.15) is 0 Å². The van der Waals surface area contributed by atoms with Gasteiger partial charge in [-0.25, -0.2) is 14.8 Å². The molecule has 0 saturated heterocycles. The summed E-state index contributed by atoms with van der Waals surface area (Å²) in [7, 11) is 0. The molecule has 1 aromatic carbocycles. The molecular weight excluding hydrogens is 270 g/mol. The Labute approximate surface area is 119 Å². The van der Waals surface area contributed by atoms with Crippen molar-refractivity contribution >= 4 is 11.0 Å². The Morgan fingerprint density at radius 1 is 1.33 bits per heavy atom. The van der Waals surface area contributed by atoms with Gasteiger partial charge in [0.15, 0.2) is 0 Å². The Morgan fingerprint density at radius 3 is 3.05 bits per heavy atom. The average Bonchev–Trinajstić information content (AvgIpc) is 2.47. The fraction of sp³-hybridized carbons (Fsp3) is 0.133. The first kappa shape index (κ1) is 12.0. The number of aliphatic hydroxyl groups excluding tert-OH is 1. The van der Waals surface area contributed by atoms with E-state index in [0.717, 1.165) is 11.1 Å². The van der Waals surface area contributed by atoms with E-state index in [1.54, 1.807) is 12.1 Å². The van der Waals surface area contributed by atoms with Crippen molar-refractivity contribution in [2.24, 2.45) is 0 Å². The molecule has 4 rings (SSSR count). The highest BCUT2D eigenvalue weighted by Crippen LogP contribution is 2.41. The van der Waals surface area contributed by atoms with Crippen molar-refractivity contribution in [2.45, 2.75) is 13.2 Å². The number of rotatable bonds is 0. The highest BCUT2D eigenvalue weighted by molar-refractivity contribution is 5.82. The summed E-state index contributed by atoms with van der Waals surface area (Å²) in [5.41, 5.74) is 3.03. The minimum Gasteiger partial charge on any atom is -0.460 e. The zero-order chi connectivity index (χ0) is 14.6. The average molecular weight is 281 g/mol. The zero-order valence-corrected chi connectivity index (χ0v) is 11.1. The van der Waals surface area contributed by atoms with Crippen LogP contribution in [0.3, 0.4) is 0 Å². The fourth-order valence-corrected chi connectivity index (χ4v) is 2.52. The SMILES string of the molecule is Cc1ccc2c(c1)-c1nc3[nH]c(=O)ncc3cc1[C@@H](O)O2. The number of nitrogens with one attached hydrogen (secondary N) is 1. The predicted molar refractivity (Wildman–Crippen MR) is 75.9 cm³/mol. The van der Waals surface area contributed by atoms with Crippen LogP contribution in [0.15, 0.2) is 35.3 Å². The summed E-state index contributed by atoms with van der Waals surface area (Å²) in [5, 5.41) is 10.8. The number of H-pyrrole nitrogens is 1. The van der Waals surface area contributed by atoms with Gasteiger partial charge in [-0.05, 0) is 25.1 Å². The van der Waals surface area contributed by atoms with Crippen LogP contribution in [0.25, 0.3) is 22.3 Å². The van der Waals surface area contributed by atoms with E-state index in [-0.39, 0.29) is 0 Å². The van der Waals surface area contributed by atoms with Crippen molar-refractivity contribution < 1.29 is 9.84 Å². The molecule has 1 aliphatic rings. The summed E-state index contributed by atoms with van der Waals surface area (Å²) < 4.78 is 5.51. The van der Waals surface area contributed by atoms with Crippen LogP contribution in [0, 0.1) is 6.92 Å². The summed E-state index contributed by atoms with van der Waals surface area (Å²) in [5.74, 6) is 0.573. The molecule has 1 atom stereocenters. The molecule has 0 spiro atoms. The van der Waals surface area contributed by atoms with E-state index in [4.69, 9.17) is 4.74 Å². The van der Waals surface area contributed by atoms with Gasteiger partial charge in [-0.15, -0.1) is 0 Å². The lowest BCUT2D eigenvalue weighted by atomic mass is 9.99. The van der Waals surface area contributed by atoms with Crippen molar-refractivity contribution in [3.05, 3.63) is 52.1 Å². The summed E-state index contributed by atoms with van der Waals surface area (Å²) >= 11 is 0. The Morgan fingerprint density at radius 2 is 2.19 bits per heavy atom. The van der Waals surface area contributed by atoms with Gasteiger partial charge in [-0.1, -0.05) is 11.6 Å². The van der Waals surface area contributed by atoms with E-state index in [1.807, 2.05) is 19.1 Å². The smallest absolute Gasteiger partial charge is 0.346 e. The Bertz CT molecular complexity index is 933. The van der Waals surface area contributed by atoms with Gasteiger partial charge in [0.25, 0.3) is 0 Å². The number of aromatic nitrogens is 3. The molecule has 0 amide bonds. The first-order chi connectivity index (χ1) is 10.1. The molecule has 0 bridgehead atoms. The zero-order valence-electron chi connectivity index (χ0n) is 11.1. The Hall–Kier alpha value is -2.73. The van der Waals surface area contributed by atoms with Crippen LogP contribution in [-0.4, -0.2) is 20.1 Å². The Kier molecular flexibility index (Phi) is 2.37. The van der Waals surface area contributed by atoms with Crippen molar-refractivity contribution in [1.29, 1.82) is 0 Å². The second-order valence-electron chi connectivity index (χ2n) is 5.02. The summed E-state index contributed by atoms with van der Waals surface area (Å²) in [6, 6.07) is 7.39. The molecule has 2 aromatic heterocycles. The maximum Gasteiger partial charge on any atom is 0.346 e. The van der Waals surface area contributed by atoms with Crippen LogP contribution >= 0.6 is 0 Å². The monoisotopic (exact) mass is 281 g/mol. The first-order valence-electron chi connectivity index (χ1n) is 6.47. The number of benzene rings is 1. The molecule has 6 heteroatoms. The van der Waals surface area contributed by atoms with Crippen LogP contribution in [0.5, 0.6) is 5.75 Å². The number of aliphatic hydroxyl groups is 1. The lowest BCUT2D eigenvalue weighted by Crippen LogP contribution is -2.16. The van der Waals surface area contributed by atoms with Crippen LogP contribution < -0.4 is 10.4 Å². The van der Waals surface area contributed by atoms with Crippen molar-refractivity contribution in [1.82, 2.24) is 15.0 Å². The lowest BCUT2D eigenvalue weighted by molar-refractivity contribution is -0.0215. The molecule has 0 aliphatic carbocycles. The van der Waals surface area contributed by atoms with Gasteiger partial charge in [0.2, 0.25) is 6.29 Å². The number of nitrogens with zero attached hydrogens (tertiary/aromatic N) is 2. The maximum atomic E-state index is 11.3. The van der Waals surface area contributed by atoms with Gasteiger partial charge >= 0.3 is 5.69 Å². The predicted octanol–water partition coefficient (Wildman–Crippen LogP) is 1.68. The number of aryl methyl sites for hydroxylation is 1. The number of ether oxygens (including phenoxy) is 1. The number of pyridine rings is 1. The molecule has 0 radical (unpaired) electrons. The topological polar surface area (TPSA) is 88.1 Å². The molecule has 0 saturated carbocycles. The van der Waals surface area contributed by atoms with Crippen LogP contribution in [0.1, 0.15) is 17.4 Å². The van der Waals surface area contributed by atoms with Gasteiger partial charge in [-0.3, -0.25) is 4.98 Å². The Balaban J connectivity index is 2.08. The van der Waals surface area contributed by atoms with Crippen molar-refractivity contribution in [3.8, 4) is 17.0 Å². The molecule has 21 heavy (non-hydrogen) atoms. The highest BCUT2D eigenvalue weighted by atomic mass is 16.6. The van der Waals surface area contributed by atoms with Crippen molar-refractivity contribution in [2.75, 3.05) is 0 Å². The minimum atomic E-state index is -1.08. The number of fused-ring (bicyclic) bond motifs is 4. The molecule has 1 aliphatic heterocycles. The maximum absolute atomic E-state index is 11.3. The normalized spacial score (nSPS) is 16.2. The second-order valence-corrected chi connectivity index (χ2v) is 5.02. The van der Waals surface area contributed by atoms with Crippen LogP contribution in [0.2, 0.25) is 0 Å². The van der Waals surface area contributed by atoms with E-state index in [0.29, 0.717) is 28.0 Å². The number of hydrogen-bond donors (Lipinski definition) is 2. The van der Waals surface area contributed by atoms with Gasteiger partial charge < -0.3 is 9.84 Å². The highest BCUT2D eigenvalue weighted by Gasteiger charge is 2.26. The summed E-state index contributed by atoms with van der Waals surface area (Å²) in [4.78, 5) is 22.1. The third-order valence-corrected chi connectivity index (χ3v) is 3.52. The third-order valence-electron chi connectivity index (χ3n) is 3.52. The molecule has 0 fully saturated rings. The van der Waals surface area contributed by atoms with Crippen LogP contribution in [0.4, 0.5) is 0 Å². The third kappa shape index (κ3) is 1.80. The van der Waals surface area contributed by atoms with E-state index in [9.17, 15) is 9.90 Å². The van der Waals surface area contributed by atoms with Gasteiger partial charge in [0.05, 0.1) is 5.69 Å². The van der Waals surface area contributed by atoms with Gasteiger partial charge in [0.1, 0.15) is 11.4 Å². The molecule has 3 aromatic rings. The van der Waals surface area contributed by atoms with Crippen molar-refractivity contribution in [3.63, 3.8) is 0 Å². The van der Waals surface area contributed by atoms with E-state index < -0.39 is 12.0 Å². The van der Waals surface area contributed by atoms with E-state index in [1.165, 1.54) is 6.20 Å². The molecule has 3 heterocycles. The van der Waals surface area contributed by atoms with E-state index in [2.05, 4.69) is 15.0 Å². The van der Waals surface area contributed by atoms with Gasteiger partial charge in [0, 0.05) is 22.7 Å². The number of hydrogen-bond acceptors (Lipinski definition) is 5. The fourth-order valence-electron chi connectivity index (χ4n) is 2.52. The van der Waals surface area contributed by atoms with Crippen LogP contribution in [-0.2, 0) is 0 Å². The molecule has 0 unspecified atom stereocenters. The molecule has 2 N–H and O–H groups in total.